The maximum Gasteiger partial charge on any atom is 0.198 e. The third-order valence-corrected chi connectivity index (χ3v) is 3.07. The van der Waals surface area contributed by atoms with Gasteiger partial charge in [-0.05, 0) is 39.4 Å². The van der Waals surface area contributed by atoms with Gasteiger partial charge < -0.3 is 15.1 Å². The molecule has 1 aromatic rings. The van der Waals surface area contributed by atoms with Gasteiger partial charge in [0.25, 0.3) is 0 Å². The highest BCUT2D eigenvalue weighted by atomic mass is 16.4. The van der Waals surface area contributed by atoms with Crippen molar-refractivity contribution in [3.63, 3.8) is 0 Å². The zero-order valence-electron chi connectivity index (χ0n) is 9.96. The van der Waals surface area contributed by atoms with Crippen LogP contribution in [0.2, 0.25) is 0 Å². The highest BCUT2D eigenvalue weighted by Crippen LogP contribution is 2.22. The Bertz CT molecular complexity index is 305. The molecule has 4 nitrogen and oxygen atoms in total. The number of piperidine rings is 1. The number of rotatable bonds is 5. The number of aryl methyl sites for hydroxylation is 1. The van der Waals surface area contributed by atoms with Crippen LogP contribution in [0.3, 0.4) is 0 Å². The lowest BCUT2D eigenvalue weighted by Gasteiger charge is -2.19. The molecule has 16 heavy (non-hydrogen) atoms. The van der Waals surface area contributed by atoms with E-state index in [1.54, 1.807) is 0 Å². The lowest BCUT2D eigenvalue weighted by molar-refractivity contribution is 0.362. The lowest BCUT2D eigenvalue weighted by atomic mass is 10.00. The Kier molecular flexibility index (Phi) is 4.36. The van der Waals surface area contributed by atoms with E-state index in [1.165, 1.54) is 12.8 Å². The van der Waals surface area contributed by atoms with Gasteiger partial charge in [0.05, 0.1) is 6.20 Å². The normalized spacial score (nSPS) is 21.2. The molecule has 2 N–H and O–H groups in total. The van der Waals surface area contributed by atoms with E-state index in [-0.39, 0.29) is 0 Å². The van der Waals surface area contributed by atoms with Crippen molar-refractivity contribution in [1.29, 1.82) is 0 Å². The molecule has 0 spiro atoms. The van der Waals surface area contributed by atoms with Crippen molar-refractivity contribution in [1.82, 2.24) is 15.6 Å². The summed E-state index contributed by atoms with van der Waals surface area (Å²) < 4.78 is 5.79. The van der Waals surface area contributed by atoms with Crippen molar-refractivity contribution in [2.75, 3.05) is 26.7 Å². The van der Waals surface area contributed by atoms with Gasteiger partial charge in [-0.1, -0.05) is 0 Å². The fraction of sp³-hybridized carbons (Fsp3) is 0.750. The van der Waals surface area contributed by atoms with E-state index in [0.717, 1.165) is 44.1 Å². The molecular formula is C12H21N3O. The molecule has 1 aliphatic heterocycles. The van der Waals surface area contributed by atoms with Crippen molar-refractivity contribution < 1.29 is 4.42 Å². The molecule has 0 aliphatic carbocycles. The SMILES string of the molecule is CNCCCc1cnc(C2CCCNC2)o1. The second kappa shape index (κ2) is 6.01. The minimum absolute atomic E-state index is 0.479. The van der Waals surface area contributed by atoms with Gasteiger partial charge in [0.15, 0.2) is 5.89 Å². The molecule has 2 rings (SSSR count). The first-order valence-corrected chi connectivity index (χ1v) is 6.20. The smallest absolute Gasteiger partial charge is 0.198 e. The van der Waals surface area contributed by atoms with Crippen molar-refractivity contribution in [2.24, 2.45) is 0 Å². The summed E-state index contributed by atoms with van der Waals surface area (Å²) in [6.07, 6.45) is 6.40. The summed E-state index contributed by atoms with van der Waals surface area (Å²) >= 11 is 0. The van der Waals surface area contributed by atoms with Gasteiger partial charge >= 0.3 is 0 Å². The highest BCUT2D eigenvalue weighted by Gasteiger charge is 2.19. The zero-order chi connectivity index (χ0) is 11.2. The van der Waals surface area contributed by atoms with E-state index in [9.17, 15) is 0 Å². The monoisotopic (exact) mass is 223 g/mol. The Morgan fingerprint density at radius 2 is 2.56 bits per heavy atom. The number of hydrogen-bond donors (Lipinski definition) is 2. The Balaban J connectivity index is 1.85. The quantitative estimate of drug-likeness (QED) is 0.739. The Morgan fingerprint density at radius 1 is 1.62 bits per heavy atom. The number of oxazole rings is 1. The summed E-state index contributed by atoms with van der Waals surface area (Å²) in [7, 11) is 1.97. The Hall–Kier alpha value is -0.870. The average molecular weight is 223 g/mol. The van der Waals surface area contributed by atoms with Crippen molar-refractivity contribution in [3.05, 3.63) is 17.8 Å². The molecule has 1 fully saturated rings. The van der Waals surface area contributed by atoms with Crippen LogP contribution in [-0.2, 0) is 6.42 Å². The summed E-state index contributed by atoms with van der Waals surface area (Å²) in [5.41, 5.74) is 0. The Morgan fingerprint density at radius 3 is 3.31 bits per heavy atom. The van der Waals surface area contributed by atoms with E-state index in [1.807, 2.05) is 13.2 Å². The molecule has 1 aliphatic rings. The van der Waals surface area contributed by atoms with Crippen molar-refractivity contribution in [2.45, 2.75) is 31.6 Å². The molecule has 0 saturated carbocycles. The van der Waals surface area contributed by atoms with Crippen LogP contribution in [0.4, 0.5) is 0 Å². The molecule has 0 amide bonds. The largest absolute Gasteiger partial charge is 0.445 e. The highest BCUT2D eigenvalue weighted by molar-refractivity contribution is 5.01. The molecule has 1 saturated heterocycles. The molecular weight excluding hydrogens is 202 g/mol. The second-order valence-corrected chi connectivity index (χ2v) is 4.42. The first-order valence-electron chi connectivity index (χ1n) is 6.20. The van der Waals surface area contributed by atoms with E-state index in [0.29, 0.717) is 5.92 Å². The predicted molar refractivity (Wildman–Crippen MR) is 63.6 cm³/mol. The Labute approximate surface area is 96.8 Å². The summed E-state index contributed by atoms with van der Waals surface area (Å²) in [6.45, 7) is 3.17. The van der Waals surface area contributed by atoms with Crippen LogP contribution in [0.25, 0.3) is 0 Å². The molecule has 1 aromatic heterocycles. The number of aromatic nitrogens is 1. The molecule has 0 bridgehead atoms. The second-order valence-electron chi connectivity index (χ2n) is 4.42. The van der Waals surface area contributed by atoms with Crippen LogP contribution in [0, 0.1) is 0 Å². The van der Waals surface area contributed by atoms with Gasteiger partial charge in [0, 0.05) is 18.9 Å². The topological polar surface area (TPSA) is 50.1 Å². The predicted octanol–water partition coefficient (Wildman–Crippen LogP) is 1.29. The fourth-order valence-electron chi connectivity index (χ4n) is 2.13. The van der Waals surface area contributed by atoms with Gasteiger partial charge in [0.1, 0.15) is 5.76 Å². The maximum atomic E-state index is 5.79. The van der Waals surface area contributed by atoms with Gasteiger partial charge in [-0.15, -0.1) is 0 Å². The van der Waals surface area contributed by atoms with E-state index < -0.39 is 0 Å². The molecule has 1 atom stereocenters. The number of hydrogen-bond acceptors (Lipinski definition) is 4. The third kappa shape index (κ3) is 3.06. The lowest BCUT2D eigenvalue weighted by Crippen LogP contribution is -2.28. The molecule has 1 unspecified atom stereocenters. The van der Waals surface area contributed by atoms with Gasteiger partial charge in [-0.25, -0.2) is 4.98 Å². The van der Waals surface area contributed by atoms with Crippen LogP contribution in [0.15, 0.2) is 10.6 Å². The van der Waals surface area contributed by atoms with Crippen LogP contribution < -0.4 is 10.6 Å². The summed E-state index contributed by atoms with van der Waals surface area (Å²) in [6, 6.07) is 0. The summed E-state index contributed by atoms with van der Waals surface area (Å²) in [4.78, 5) is 4.39. The first-order chi connectivity index (χ1) is 7.90. The molecule has 90 valence electrons. The van der Waals surface area contributed by atoms with Crippen molar-refractivity contribution >= 4 is 0 Å². The third-order valence-electron chi connectivity index (χ3n) is 3.07. The molecule has 0 aromatic carbocycles. The molecule has 2 heterocycles. The molecule has 0 radical (unpaired) electrons. The number of nitrogens with one attached hydrogen (secondary N) is 2. The first kappa shape index (κ1) is 11.6. The minimum atomic E-state index is 0.479. The summed E-state index contributed by atoms with van der Waals surface area (Å²) in [5.74, 6) is 2.43. The van der Waals surface area contributed by atoms with Crippen LogP contribution >= 0.6 is 0 Å². The van der Waals surface area contributed by atoms with E-state index in [4.69, 9.17) is 4.42 Å². The average Bonchev–Trinajstić information content (AvgIpc) is 2.79. The van der Waals surface area contributed by atoms with Crippen molar-refractivity contribution in [3.8, 4) is 0 Å². The van der Waals surface area contributed by atoms with Gasteiger partial charge in [-0.2, -0.15) is 0 Å². The van der Waals surface area contributed by atoms with Gasteiger partial charge in [0.2, 0.25) is 0 Å². The van der Waals surface area contributed by atoms with E-state index in [2.05, 4.69) is 15.6 Å². The van der Waals surface area contributed by atoms with Crippen LogP contribution in [-0.4, -0.2) is 31.7 Å². The standard InChI is InChI=1S/C12H21N3O/c1-13-6-3-5-11-9-15-12(16-11)10-4-2-7-14-8-10/h9-10,13-14H,2-8H2,1H3. The fourth-order valence-corrected chi connectivity index (χ4v) is 2.13. The van der Waals surface area contributed by atoms with Crippen LogP contribution in [0.5, 0.6) is 0 Å². The van der Waals surface area contributed by atoms with E-state index >= 15 is 0 Å². The number of nitrogens with zero attached hydrogens (tertiary/aromatic N) is 1. The molecule has 4 heteroatoms. The summed E-state index contributed by atoms with van der Waals surface area (Å²) in [5, 5.41) is 6.52. The van der Waals surface area contributed by atoms with Gasteiger partial charge in [-0.3, -0.25) is 0 Å². The zero-order valence-corrected chi connectivity index (χ0v) is 9.96. The minimum Gasteiger partial charge on any atom is -0.445 e. The van der Waals surface area contributed by atoms with Crippen LogP contribution in [0.1, 0.15) is 36.8 Å². The maximum absolute atomic E-state index is 5.79.